The fourth-order valence-electron chi connectivity index (χ4n) is 2.63. The number of nitrogens with one attached hydrogen (secondary N) is 1. The van der Waals surface area contributed by atoms with Gasteiger partial charge in [0.1, 0.15) is 0 Å². The van der Waals surface area contributed by atoms with Gasteiger partial charge in [0, 0.05) is 0 Å². The van der Waals surface area contributed by atoms with E-state index in [1.54, 1.807) is 12.1 Å². The zero-order valence-electron chi connectivity index (χ0n) is 16.5. The van der Waals surface area contributed by atoms with E-state index in [0.717, 1.165) is 16.7 Å². The van der Waals surface area contributed by atoms with E-state index >= 15 is 0 Å². The van der Waals surface area contributed by atoms with Crippen LogP contribution in [-0.2, 0) is 16.0 Å². The number of carbonyl (C=O) groups is 2. The molecule has 0 radical (unpaired) electrons. The van der Waals surface area contributed by atoms with Gasteiger partial charge in [-0.25, -0.2) is 10.2 Å². The molecule has 0 fully saturated rings. The van der Waals surface area contributed by atoms with Gasteiger partial charge < -0.3 is 14.6 Å². The van der Waals surface area contributed by atoms with Crippen molar-refractivity contribution in [3.05, 3.63) is 57.1 Å². The second-order valence-electron chi connectivity index (χ2n) is 6.35. The van der Waals surface area contributed by atoms with Crippen LogP contribution in [0.15, 0.2) is 39.9 Å². The van der Waals surface area contributed by atoms with Crippen molar-refractivity contribution >= 4 is 34.0 Å². The van der Waals surface area contributed by atoms with Gasteiger partial charge in [0.2, 0.25) is 5.91 Å². The number of amides is 1. The van der Waals surface area contributed by atoms with Crippen LogP contribution in [0.25, 0.3) is 0 Å². The molecular formula is C21H23BrN2O5. The molecule has 0 heterocycles. The largest absolute Gasteiger partial charge is 0.490 e. The van der Waals surface area contributed by atoms with Crippen molar-refractivity contribution in [2.75, 3.05) is 13.2 Å². The molecule has 0 aliphatic heterocycles. The summed E-state index contributed by atoms with van der Waals surface area (Å²) in [5.74, 6) is -0.633. The maximum atomic E-state index is 12.1. The summed E-state index contributed by atoms with van der Waals surface area (Å²) in [6.45, 7) is 5.68. The molecule has 2 N–H and O–H groups in total. The molecule has 8 heteroatoms. The summed E-state index contributed by atoms with van der Waals surface area (Å²) in [5.41, 5.74) is 6.32. The van der Waals surface area contributed by atoms with Crippen LogP contribution in [0.2, 0.25) is 0 Å². The van der Waals surface area contributed by atoms with Crippen molar-refractivity contribution in [3.8, 4) is 11.5 Å². The van der Waals surface area contributed by atoms with E-state index in [2.05, 4.69) is 26.5 Å². The standard InChI is InChI=1S/C21H23BrN2O5/c1-4-28-18-9-15(8-17(22)21(18)29-12-20(26)27)11-23-24-19(25)10-16-6-5-13(2)7-14(16)3/h5-9,11H,4,10,12H2,1-3H3,(H,24,25)(H,26,27)/b23-11+. The number of benzene rings is 2. The first-order chi connectivity index (χ1) is 13.8. The lowest BCUT2D eigenvalue weighted by molar-refractivity contribution is -0.139. The molecule has 0 aromatic heterocycles. The molecular weight excluding hydrogens is 440 g/mol. The number of aryl methyl sites for hydroxylation is 2. The summed E-state index contributed by atoms with van der Waals surface area (Å²) >= 11 is 3.35. The zero-order valence-corrected chi connectivity index (χ0v) is 18.1. The lowest BCUT2D eigenvalue weighted by atomic mass is 10.0. The average molecular weight is 463 g/mol. The number of carbonyl (C=O) groups excluding carboxylic acids is 1. The maximum Gasteiger partial charge on any atom is 0.341 e. The number of rotatable bonds is 9. The third-order valence-electron chi connectivity index (χ3n) is 3.92. The van der Waals surface area contributed by atoms with Crippen molar-refractivity contribution in [1.82, 2.24) is 5.43 Å². The summed E-state index contributed by atoms with van der Waals surface area (Å²) in [6, 6.07) is 9.30. The number of aliphatic carboxylic acids is 1. The van der Waals surface area contributed by atoms with Crippen LogP contribution in [-0.4, -0.2) is 36.4 Å². The fraction of sp³-hybridized carbons (Fsp3) is 0.286. The second kappa shape index (κ2) is 10.6. The van der Waals surface area contributed by atoms with Crippen molar-refractivity contribution in [2.24, 2.45) is 5.10 Å². The van der Waals surface area contributed by atoms with Crippen LogP contribution >= 0.6 is 15.9 Å². The molecule has 0 unspecified atom stereocenters. The fourth-order valence-corrected chi connectivity index (χ4v) is 3.21. The van der Waals surface area contributed by atoms with Gasteiger partial charge in [-0.2, -0.15) is 5.10 Å². The van der Waals surface area contributed by atoms with Crippen LogP contribution in [0.4, 0.5) is 0 Å². The minimum atomic E-state index is -1.09. The van der Waals surface area contributed by atoms with Gasteiger partial charge in [0.05, 0.1) is 23.7 Å². The highest BCUT2D eigenvalue weighted by Gasteiger charge is 2.13. The number of hydrogen-bond acceptors (Lipinski definition) is 5. The molecule has 1 amide bonds. The number of carboxylic acids is 1. The molecule has 0 atom stereocenters. The van der Waals surface area contributed by atoms with Crippen LogP contribution in [0.1, 0.15) is 29.2 Å². The quantitative estimate of drug-likeness (QED) is 0.438. The Labute approximate surface area is 177 Å². The Kier molecular flexibility index (Phi) is 8.21. The van der Waals surface area contributed by atoms with Crippen LogP contribution in [0.3, 0.4) is 0 Å². The number of nitrogens with zero attached hydrogens (tertiary/aromatic N) is 1. The van der Waals surface area contributed by atoms with Crippen LogP contribution in [0, 0.1) is 13.8 Å². The molecule has 2 aromatic rings. The molecule has 2 rings (SSSR count). The van der Waals surface area contributed by atoms with E-state index in [4.69, 9.17) is 14.6 Å². The molecule has 154 valence electrons. The Morgan fingerprint density at radius 1 is 1.21 bits per heavy atom. The van der Waals surface area contributed by atoms with E-state index in [-0.39, 0.29) is 12.3 Å². The molecule has 0 saturated heterocycles. The number of hydrazone groups is 1. The number of carboxylic acid groups (broad SMARTS) is 1. The lowest BCUT2D eigenvalue weighted by Gasteiger charge is -2.13. The number of halogens is 1. The third-order valence-corrected chi connectivity index (χ3v) is 4.51. The summed E-state index contributed by atoms with van der Waals surface area (Å²) in [4.78, 5) is 22.9. The van der Waals surface area contributed by atoms with E-state index in [1.807, 2.05) is 39.0 Å². The molecule has 29 heavy (non-hydrogen) atoms. The first-order valence-electron chi connectivity index (χ1n) is 8.99. The molecule has 0 aliphatic rings. The minimum absolute atomic E-state index is 0.223. The zero-order chi connectivity index (χ0) is 21.4. The molecule has 2 aromatic carbocycles. The van der Waals surface area contributed by atoms with Gasteiger partial charge in [0.15, 0.2) is 18.1 Å². The molecule has 0 saturated carbocycles. The average Bonchev–Trinajstić information content (AvgIpc) is 2.63. The summed E-state index contributed by atoms with van der Waals surface area (Å²) in [5, 5.41) is 12.8. The Balaban J connectivity index is 2.07. The number of ether oxygens (including phenoxy) is 2. The predicted octanol–water partition coefficient (Wildman–Crippen LogP) is 3.62. The highest BCUT2D eigenvalue weighted by Crippen LogP contribution is 2.36. The molecule has 0 spiro atoms. The predicted molar refractivity (Wildman–Crippen MR) is 114 cm³/mol. The third kappa shape index (κ3) is 6.90. The van der Waals surface area contributed by atoms with Gasteiger partial charge in [-0.1, -0.05) is 23.8 Å². The van der Waals surface area contributed by atoms with Gasteiger partial charge >= 0.3 is 5.97 Å². The monoisotopic (exact) mass is 462 g/mol. The first-order valence-corrected chi connectivity index (χ1v) is 9.78. The smallest absolute Gasteiger partial charge is 0.341 e. The van der Waals surface area contributed by atoms with Crippen molar-refractivity contribution in [2.45, 2.75) is 27.2 Å². The molecule has 0 aliphatic carbocycles. The lowest BCUT2D eigenvalue weighted by Crippen LogP contribution is -2.20. The van der Waals surface area contributed by atoms with Crippen molar-refractivity contribution in [3.63, 3.8) is 0 Å². The second-order valence-corrected chi connectivity index (χ2v) is 7.20. The highest BCUT2D eigenvalue weighted by atomic mass is 79.9. The Morgan fingerprint density at radius 2 is 1.97 bits per heavy atom. The van der Waals surface area contributed by atoms with E-state index in [1.165, 1.54) is 6.21 Å². The van der Waals surface area contributed by atoms with Gasteiger partial charge in [-0.15, -0.1) is 0 Å². The summed E-state index contributed by atoms with van der Waals surface area (Å²) in [6.07, 6.45) is 1.72. The highest BCUT2D eigenvalue weighted by molar-refractivity contribution is 9.10. The van der Waals surface area contributed by atoms with E-state index < -0.39 is 12.6 Å². The first kappa shape index (κ1) is 22.4. The normalized spacial score (nSPS) is 10.8. The number of hydrogen-bond donors (Lipinski definition) is 2. The SMILES string of the molecule is CCOc1cc(/C=N/NC(=O)Cc2ccc(C)cc2C)cc(Br)c1OCC(=O)O. The summed E-state index contributed by atoms with van der Waals surface area (Å²) in [7, 11) is 0. The Morgan fingerprint density at radius 3 is 2.62 bits per heavy atom. The maximum absolute atomic E-state index is 12.1. The summed E-state index contributed by atoms with van der Waals surface area (Å²) < 4.78 is 11.3. The van der Waals surface area contributed by atoms with Crippen LogP contribution in [0.5, 0.6) is 11.5 Å². The topological polar surface area (TPSA) is 97.2 Å². The van der Waals surface area contributed by atoms with Crippen molar-refractivity contribution < 1.29 is 24.2 Å². The Bertz CT molecular complexity index is 928. The van der Waals surface area contributed by atoms with E-state index in [9.17, 15) is 9.59 Å². The van der Waals surface area contributed by atoms with Crippen molar-refractivity contribution in [1.29, 1.82) is 0 Å². The molecule has 7 nitrogen and oxygen atoms in total. The van der Waals surface area contributed by atoms with Gasteiger partial charge in [0.25, 0.3) is 0 Å². The Hall–Kier alpha value is -2.87. The minimum Gasteiger partial charge on any atom is -0.490 e. The molecule has 0 bridgehead atoms. The van der Waals surface area contributed by atoms with E-state index in [0.29, 0.717) is 28.1 Å². The van der Waals surface area contributed by atoms with Gasteiger partial charge in [-0.3, -0.25) is 4.79 Å². The van der Waals surface area contributed by atoms with Crippen LogP contribution < -0.4 is 14.9 Å². The van der Waals surface area contributed by atoms with Gasteiger partial charge in [-0.05, 0) is 65.5 Å².